The predicted molar refractivity (Wildman–Crippen MR) is 106 cm³/mol. The Bertz CT molecular complexity index is 583. The minimum atomic E-state index is 0.162. The summed E-state index contributed by atoms with van der Waals surface area (Å²) in [7, 11) is 0. The van der Waals surface area contributed by atoms with Gasteiger partial charge in [0.2, 0.25) is 0 Å². The Balaban J connectivity index is 2.50. The summed E-state index contributed by atoms with van der Waals surface area (Å²) in [6.45, 7) is 13.7. The van der Waals surface area contributed by atoms with Gasteiger partial charge in [0.05, 0.1) is 7.57 Å². The molecule has 116 valence electrons. The van der Waals surface area contributed by atoms with Gasteiger partial charge in [-0.05, 0) is 64.6 Å². The average Bonchev–Trinajstić information content (AvgIpc) is 2.84. The van der Waals surface area contributed by atoms with Crippen LogP contribution in [0.2, 0.25) is 0 Å². The molecule has 0 aliphatic carbocycles. The molecule has 0 aliphatic heterocycles. The van der Waals surface area contributed by atoms with Gasteiger partial charge < -0.3 is 0 Å². The summed E-state index contributed by atoms with van der Waals surface area (Å²) in [6, 6.07) is 0. The first kappa shape index (κ1) is 18.1. The van der Waals surface area contributed by atoms with Crippen LogP contribution in [0.15, 0.2) is 28.1 Å². The number of rotatable bonds is 2. The Morgan fingerprint density at radius 2 is 1.10 bits per heavy atom. The lowest BCUT2D eigenvalue weighted by Gasteiger charge is -2.22. The van der Waals surface area contributed by atoms with E-state index in [-0.39, 0.29) is 10.8 Å². The lowest BCUT2D eigenvalue weighted by atomic mass is 9.89. The van der Waals surface area contributed by atoms with E-state index in [0.29, 0.717) is 0 Å². The monoisotopic (exact) mass is 466 g/mol. The van der Waals surface area contributed by atoms with Gasteiger partial charge >= 0.3 is 0 Å². The van der Waals surface area contributed by atoms with Gasteiger partial charge in [-0.15, -0.1) is 22.7 Å². The Labute approximate surface area is 157 Å². The fraction of sp³-hybridized carbons (Fsp3) is 0.500. The van der Waals surface area contributed by atoms with Crippen molar-refractivity contribution in [2.24, 2.45) is 0 Å². The Kier molecular flexibility index (Phi) is 5.42. The molecular weight excluding hydrogens is 448 g/mol. The lowest BCUT2D eigenvalue weighted by molar-refractivity contribution is 0.578. The SMILES string of the molecule is CC(C)(C)c1csc(Br)c1Sc1c(C(C)(C)C)csc1Br. The van der Waals surface area contributed by atoms with E-state index in [1.54, 1.807) is 22.7 Å². The molecule has 0 aliphatic rings. The van der Waals surface area contributed by atoms with E-state index >= 15 is 0 Å². The van der Waals surface area contributed by atoms with Gasteiger partial charge in [-0.3, -0.25) is 0 Å². The zero-order valence-electron chi connectivity index (χ0n) is 13.1. The number of halogens is 2. The molecule has 0 nitrogen and oxygen atoms in total. The van der Waals surface area contributed by atoms with Gasteiger partial charge in [-0.2, -0.15) is 0 Å². The molecule has 0 spiro atoms. The highest BCUT2D eigenvalue weighted by molar-refractivity contribution is 9.11. The van der Waals surface area contributed by atoms with E-state index in [1.165, 1.54) is 28.5 Å². The van der Waals surface area contributed by atoms with E-state index in [4.69, 9.17) is 0 Å². The number of thiophene rings is 2. The molecule has 0 N–H and O–H groups in total. The van der Waals surface area contributed by atoms with Crippen molar-refractivity contribution in [1.82, 2.24) is 0 Å². The molecule has 0 fully saturated rings. The molecule has 21 heavy (non-hydrogen) atoms. The number of hydrogen-bond acceptors (Lipinski definition) is 3. The third-order valence-electron chi connectivity index (χ3n) is 3.23. The van der Waals surface area contributed by atoms with E-state index in [1.807, 2.05) is 11.8 Å². The van der Waals surface area contributed by atoms with Crippen LogP contribution in [-0.2, 0) is 10.8 Å². The molecule has 0 atom stereocenters. The maximum Gasteiger partial charge on any atom is 0.0840 e. The van der Waals surface area contributed by atoms with Crippen molar-refractivity contribution >= 4 is 66.3 Å². The van der Waals surface area contributed by atoms with Crippen LogP contribution in [0.1, 0.15) is 52.7 Å². The summed E-state index contributed by atoms with van der Waals surface area (Å²) in [4.78, 5) is 2.72. The van der Waals surface area contributed by atoms with Gasteiger partial charge in [-0.25, -0.2) is 0 Å². The van der Waals surface area contributed by atoms with Crippen molar-refractivity contribution in [3.8, 4) is 0 Å². The van der Waals surface area contributed by atoms with Crippen LogP contribution in [0, 0.1) is 0 Å². The van der Waals surface area contributed by atoms with E-state index < -0.39 is 0 Å². The highest BCUT2D eigenvalue weighted by atomic mass is 79.9. The standard InChI is InChI=1S/C16H20Br2S3/c1-15(2,3)9-7-19-13(17)11(9)21-12-10(16(4,5)6)8-20-14(12)18/h7-8H,1-6H3. The first-order chi connectivity index (χ1) is 9.51. The minimum Gasteiger partial charge on any atom is -0.135 e. The van der Waals surface area contributed by atoms with Crippen molar-refractivity contribution in [2.75, 3.05) is 0 Å². The summed E-state index contributed by atoms with van der Waals surface area (Å²) in [5.41, 5.74) is 3.16. The molecule has 0 unspecified atom stereocenters. The van der Waals surface area contributed by atoms with E-state index in [9.17, 15) is 0 Å². The molecule has 2 heterocycles. The molecule has 0 aromatic carbocycles. The van der Waals surface area contributed by atoms with Crippen LogP contribution in [0.3, 0.4) is 0 Å². The minimum absolute atomic E-state index is 0.162. The zero-order chi connectivity index (χ0) is 16.0. The molecule has 0 amide bonds. The van der Waals surface area contributed by atoms with Gasteiger partial charge in [0.1, 0.15) is 0 Å². The number of hydrogen-bond donors (Lipinski definition) is 0. The van der Waals surface area contributed by atoms with Crippen molar-refractivity contribution in [3.05, 3.63) is 29.5 Å². The summed E-state index contributed by atoms with van der Waals surface area (Å²) >= 11 is 12.9. The molecule has 0 saturated carbocycles. The molecule has 0 radical (unpaired) electrons. The van der Waals surface area contributed by atoms with Crippen molar-refractivity contribution in [2.45, 2.75) is 62.2 Å². The molecular formula is C16H20Br2S3. The lowest BCUT2D eigenvalue weighted by Crippen LogP contribution is -2.12. The van der Waals surface area contributed by atoms with Crippen molar-refractivity contribution < 1.29 is 0 Å². The zero-order valence-corrected chi connectivity index (χ0v) is 18.8. The van der Waals surface area contributed by atoms with E-state index in [2.05, 4.69) is 84.2 Å². The fourth-order valence-electron chi connectivity index (χ4n) is 1.97. The highest BCUT2D eigenvalue weighted by Gasteiger charge is 2.27. The Hall–Kier alpha value is 0.710. The third kappa shape index (κ3) is 3.97. The molecule has 0 bridgehead atoms. The largest absolute Gasteiger partial charge is 0.135 e. The second kappa shape index (κ2) is 6.31. The molecule has 0 saturated heterocycles. The predicted octanol–water partition coefficient (Wildman–Crippen LogP) is 8.08. The summed E-state index contributed by atoms with van der Waals surface area (Å²) < 4.78 is 2.46. The summed E-state index contributed by atoms with van der Waals surface area (Å²) in [5.74, 6) is 0. The second-order valence-electron chi connectivity index (χ2n) is 7.11. The summed E-state index contributed by atoms with van der Waals surface area (Å²) in [6.07, 6.45) is 0. The second-order valence-corrected chi connectivity index (χ2v) is 12.5. The fourth-order valence-corrected chi connectivity index (χ4v) is 7.27. The van der Waals surface area contributed by atoms with Gasteiger partial charge in [0.25, 0.3) is 0 Å². The molecule has 2 aromatic rings. The molecule has 2 aromatic heterocycles. The van der Waals surface area contributed by atoms with Crippen LogP contribution in [0.5, 0.6) is 0 Å². The van der Waals surface area contributed by atoms with Gasteiger partial charge in [0.15, 0.2) is 0 Å². The maximum atomic E-state index is 3.74. The first-order valence-corrected chi connectivity index (χ1v) is 10.9. The Morgan fingerprint density at radius 3 is 1.38 bits per heavy atom. The summed E-state index contributed by atoms with van der Waals surface area (Å²) in [5, 5.41) is 4.56. The van der Waals surface area contributed by atoms with E-state index in [0.717, 1.165) is 0 Å². The van der Waals surface area contributed by atoms with Gasteiger partial charge in [-0.1, -0.05) is 53.3 Å². The topological polar surface area (TPSA) is 0 Å². The van der Waals surface area contributed by atoms with Gasteiger partial charge in [0, 0.05) is 9.79 Å². The van der Waals surface area contributed by atoms with Crippen LogP contribution in [0.4, 0.5) is 0 Å². The smallest absolute Gasteiger partial charge is 0.0840 e. The Morgan fingerprint density at radius 1 is 0.762 bits per heavy atom. The van der Waals surface area contributed by atoms with Crippen LogP contribution in [0.25, 0.3) is 0 Å². The maximum absolute atomic E-state index is 3.74. The first-order valence-electron chi connectivity index (χ1n) is 6.74. The van der Waals surface area contributed by atoms with Crippen molar-refractivity contribution in [3.63, 3.8) is 0 Å². The molecule has 2 rings (SSSR count). The van der Waals surface area contributed by atoms with Crippen molar-refractivity contribution in [1.29, 1.82) is 0 Å². The third-order valence-corrected chi connectivity index (χ3v) is 8.71. The molecule has 5 heteroatoms. The van der Waals surface area contributed by atoms with Crippen LogP contribution < -0.4 is 0 Å². The van der Waals surface area contributed by atoms with Crippen LogP contribution in [-0.4, -0.2) is 0 Å². The highest BCUT2D eigenvalue weighted by Crippen LogP contribution is 2.50. The normalized spacial score (nSPS) is 13.0. The quantitative estimate of drug-likeness (QED) is 0.429. The van der Waals surface area contributed by atoms with Crippen LogP contribution >= 0.6 is 66.3 Å². The average molecular weight is 468 g/mol.